The van der Waals surface area contributed by atoms with Gasteiger partial charge in [-0.05, 0) is 40.5 Å². The molecule has 0 aliphatic heterocycles. The standard InChI is InChI=1S/C16H27F3N4O2/c1-11(7-6-8-16(17,18)19)20-9-12-10-21-23(5)13(12)22-14(24)25-15(2,3)4/h10-11,20H,6-9H2,1-5H3,(H,22,24). The highest BCUT2D eigenvalue weighted by molar-refractivity contribution is 5.84. The number of hydrogen-bond donors (Lipinski definition) is 2. The van der Waals surface area contributed by atoms with Gasteiger partial charge in [-0.15, -0.1) is 0 Å². The first-order valence-corrected chi connectivity index (χ1v) is 8.18. The Morgan fingerprint density at radius 2 is 2.00 bits per heavy atom. The van der Waals surface area contributed by atoms with Crippen LogP contribution in [0.4, 0.5) is 23.8 Å². The second-order valence-corrected chi connectivity index (χ2v) is 7.06. The van der Waals surface area contributed by atoms with Crippen LogP contribution in [0.15, 0.2) is 6.20 Å². The first-order chi connectivity index (χ1) is 11.4. The monoisotopic (exact) mass is 364 g/mol. The zero-order chi connectivity index (χ0) is 19.3. The van der Waals surface area contributed by atoms with Gasteiger partial charge in [-0.2, -0.15) is 18.3 Å². The summed E-state index contributed by atoms with van der Waals surface area (Å²) in [5.74, 6) is 0.490. The minimum absolute atomic E-state index is 0.0771. The largest absolute Gasteiger partial charge is 0.444 e. The maximum Gasteiger partial charge on any atom is 0.413 e. The Morgan fingerprint density at radius 1 is 1.36 bits per heavy atom. The third-order valence-corrected chi connectivity index (χ3v) is 3.37. The molecule has 0 aliphatic carbocycles. The van der Waals surface area contributed by atoms with E-state index in [1.54, 1.807) is 34.0 Å². The molecule has 144 valence electrons. The lowest BCUT2D eigenvalue weighted by atomic mass is 10.1. The van der Waals surface area contributed by atoms with Crippen LogP contribution in [0, 0.1) is 0 Å². The number of halogens is 3. The van der Waals surface area contributed by atoms with E-state index in [1.165, 1.54) is 4.68 Å². The smallest absolute Gasteiger partial charge is 0.413 e. The van der Waals surface area contributed by atoms with E-state index in [1.807, 2.05) is 6.92 Å². The van der Waals surface area contributed by atoms with Crippen molar-refractivity contribution in [2.45, 2.75) is 71.3 Å². The van der Waals surface area contributed by atoms with Crippen LogP contribution in [0.2, 0.25) is 0 Å². The highest BCUT2D eigenvalue weighted by Gasteiger charge is 2.26. The van der Waals surface area contributed by atoms with Crippen LogP contribution in [-0.2, 0) is 18.3 Å². The van der Waals surface area contributed by atoms with Crippen molar-refractivity contribution in [3.8, 4) is 0 Å². The lowest BCUT2D eigenvalue weighted by molar-refractivity contribution is -0.135. The normalized spacial score (nSPS) is 13.6. The van der Waals surface area contributed by atoms with Crippen molar-refractivity contribution in [2.24, 2.45) is 7.05 Å². The minimum Gasteiger partial charge on any atom is -0.444 e. The molecule has 1 unspecified atom stereocenters. The number of alkyl halides is 3. The van der Waals surface area contributed by atoms with Gasteiger partial charge in [0.25, 0.3) is 0 Å². The summed E-state index contributed by atoms with van der Waals surface area (Å²) in [5.41, 5.74) is 0.115. The van der Waals surface area contributed by atoms with Gasteiger partial charge in [0.05, 0.1) is 6.20 Å². The number of aryl methyl sites for hydroxylation is 1. The van der Waals surface area contributed by atoms with E-state index in [0.717, 1.165) is 5.56 Å². The zero-order valence-electron chi connectivity index (χ0n) is 15.3. The van der Waals surface area contributed by atoms with Crippen LogP contribution in [0.3, 0.4) is 0 Å². The average Bonchev–Trinajstić information content (AvgIpc) is 2.74. The van der Waals surface area contributed by atoms with Crippen molar-refractivity contribution in [3.05, 3.63) is 11.8 Å². The lowest BCUT2D eigenvalue weighted by Crippen LogP contribution is -2.29. The third-order valence-electron chi connectivity index (χ3n) is 3.37. The van der Waals surface area contributed by atoms with Crippen molar-refractivity contribution in [2.75, 3.05) is 5.32 Å². The van der Waals surface area contributed by atoms with Crippen LogP contribution in [-0.4, -0.2) is 33.7 Å². The molecule has 0 saturated heterocycles. The molecule has 0 fully saturated rings. The molecule has 0 aliphatic rings. The van der Waals surface area contributed by atoms with Crippen LogP contribution in [0.25, 0.3) is 0 Å². The van der Waals surface area contributed by atoms with E-state index in [9.17, 15) is 18.0 Å². The predicted octanol–water partition coefficient (Wildman–Crippen LogP) is 3.98. The molecule has 1 atom stereocenters. The Hall–Kier alpha value is -1.77. The quantitative estimate of drug-likeness (QED) is 0.768. The van der Waals surface area contributed by atoms with Gasteiger partial charge < -0.3 is 10.1 Å². The molecule has 1 aromatic heterocycles. The molecule has 0 bridgehead atoms. The fourth-order valence-electron chi connectivity index (χ4n) is 2.17. The lowest BCUT2D eigenvalue weighted by Gasteiger charge is -2.20. The van der Waals surface area contributed by atoms with Crippen LogP contribution in [0.1, 0.15) is 52.5 Å². The number of amides is 1. The fourth-order valence-corrected chi connectivity index (χ4v) is 2.17. The zero-order valence-corrected chi connectivity index (χ0v) is 15.3. The first kappa shape index (κ1) is 21.3. The average molecular weight is 364 g/mol. The summed E-state index contributed by atoms with van der Waals surface area (Å²) in [6.07, 6.45) is -3.40. The third kappa shape index (κ3) is 8.76. The molecule has 1 aromatic rings. The molecule has 0 aromatic carbocycles. The van der Waals surface area contributed by atoms with Crippen LogP contribution in [0.5, 0.6) is 0 Å². The number of ether oxygens (including phenoxy) is 1. The van der Waals surface area contributed by atoms with Gasteiger partial charge in [0.15, 0.2) is 0 Å². The van der Waals surface area contributed by atoms with E-state index in [-0.39, 0.29) is 12.5 Å². The van der Waals surface area contributed by atoms with Gasteiger partial charge in [0.1, 0.15) is 11.4 Å². The first-order valence-electron chi connectivity index (χ1n) is 8.18. The number of anilines is 1. The van der Waals surface area contributed by atoms with Gasteiger partial charge in [-0.25, -0.2) is 4.79 Å². The van der Waals surface area contributed by atoms with E-state index >= 15 is 0 Å². The van der Waals surface area contributed by atoms with Gasteiger partial charge in [0, 0.05) is 31.6 Å². The Kier molecular flexibility index (Phi) is 7.28. The molecule has 1 heterocycles. The number of rotatable bonds is 7. The van der Waals surface area contributed by atoms with Gasteiger partial charge in [-0.3, -0.25) is 10.00 Å². The number of aromatic nitrogens is 2. The summed E-state index contributed by atoms with van der Waals surface area (Å²) < 4.78 is 43.2. The van der Waals surface area contributed by atoms with E-state index in [2.05, 4.69) is 15.7 Å². The van der Waals surface area contributed by atoms with E-state index in [0.29, 0.717) is 18.8 Å². The molecular formula is C16H27F3N4O2. The van der Waals surface area contributed by atoms with Gasteiger partial charge in [0.2, 0.25) is 0 Å². The van der Waals surface area contributed by atoms with Crippen molar-refractivity contribution < 1.29 is 22.7 Å². The molecule has 0 saturated carbocycles. The van der Waals surface area contributed by atoms with Crippen molar-refractivity contribution in [1.29, 1.82) is 0 Å². The number of nitrogens with one attached hydrogen (secondary N) is 2. The molecule has 1 rings (SSSR count). The summed E-state index contributed by atoms with van der Waals surface area (Å²) in [7, 11) is 1.68. The van der Waals surface area contributed by atoms with Crippen molar-refractivity contribution >= 4 is 11.9 Å². The van der Waals surface area contributed by atoms with E-state index < -0.39 is 24.3 Å². The second-order valence-electron chi connectivity index (χ2n) is 7.06. The van der Waals surface area contributed by atoms with Crippen molar-refractivity contribution in [3.63, 3.8) is 0 Å². The van der Waals surface area contributed by atoms with Crippen molar-refractivity contribution in [1.82, 2.24) is 15.1 Å². The summed E-state index contributed by atoms with van der Waals surface area (Å²) in [4.78, 5) is 11.9. The second kappa shape index (κ2) is 8.55. The fraction of sp³-hybridized carbons (Fsp3) is 0.750. The van der Waals surface area contributed by atoms with Gasteiger partial charge >= 0.3 is 12.3 Å². The molecule has 6 nitrogen and oxygen atoms in total. The molecular weight excluding hydrogens is 337 g/mol. The molecule has 0 spiro atoms. The molecule has 2 N–H and O–H groups in total. The van der Waals surface area contributed by atoms with Crippen LogP contribution >= 0.6 is 0 Å². The highest BCUT2D eigenvalue weighted by Crippen LogP contribution is 2.23. The molecule has 1 amide bonds. The Labute approximate surface area is 146 Å². The Bertz CT molecular complexity index is 565. The summed E-state index contributed by atoms with van der Waals surface area (Å²) in [6.45, 7) is 7.50. The molecule has 9 heteroatoms. The number of nitrogens with zero attached hydrogens (tertiary/aromatic N) is 2. The maximum atomic E-state index is 12.2. The summed E-state index contributed by atoms with van der Waals surface area (Å²) in [6, 6.07) is -0.0862. The Morgan fingerprint density at radius 3 is 2.56 bits per heavy atom. The predicted molar refractivity (Wildman–Crippen MR) is 89.3 cm³/mol. The maximum absolute atomic E-state index is 12.2. The topological polar surface area (TPSA) is 68.2 Å². The molecule has 0 radical (unpaired) electrons. The number of hydrogen-bond acceptors (Lipinski definition) is 4. The van der Waals surface area contributed by atoms with Gasteiger partial charge in [-0.1, -0.05) is 0 Å². The Balaban J connectivity index is 2.53. The highest BCUT2D eigenvalue weighted by atomic mass is 19.4. The van der Waals surface area contributed by atoms with Crippen LogP contribution < -0.4 is 10.6 Å². The SMILES string of the molecule is CC(CCCC(F)(F)F)NCc1cnn(C)c1NC(=O)OC(C)(C)C. The van der Waals surface area contributed by atoms with E-state index in [4.69, 9.17) is 4.74 Å². The summed E-state index contributed by atoms with van der Waals surface area (Å²) >= 11 is 0. The molecule has 25 heavy (non-hydrogen) atoms. The number of carbonyl (C=O) groups excluding carboxylic acids is 1. The number of carbonyl (C=O) groups is 1. The summed E-state index contributed by atoms with van der Waals surface area (Å²) in [5, 5.41) is 9.90. The minimum atomic E-state index is -4.12.